The molecule has 1 saturated heterocycles. The minimum Gasteiger partial charge on any atom is -0.370 e. The zero-order valence-electron chi connectivity index (χ0n) is 12.3. The highest BCUT2D eigenvalue weighted by molar-refractivity contribution is 5.77. The van der Waals surface area contributed by atoms with E-state index in [2.05, 4.69) is 36.0 Å². The van der Waals surface area contributed by atoms with Crippen molar-refractivity contribution in [1.29, 1.82) is 0 Å². The lowest BCUT2D eigenvalue weighted by molar-refractivity contribution is 0.197. The maximum Gasteiger partial charge on any atom is 0.188 e. The van der Waals surface area contributed by atoms with Gasteiger partial charge in [-0.25, -0.2) is 0 Å². The van der Waals surface area contributed by atoms with Crippen molar-refractivity contribution >= 4 is 5.96 Å². The Bertz CT molecular complexity index is 244. The van der Waals surface area contributed by atoms with Crippen molar-refractivity contribution < 1.29 is 0 Å². The Balaban J connectivity index is 2.38. The van der Waals surface area contributed by atoms with Crippen LogP contribution in [0.3, 0.4) is 0 Å². The number of nitrogens with zero attached hydrogens (tertiary/aromatic N) is 2. The maximum absolute atomic E-state index is 5.88. The molecule has 0 bridgehead atoms. The number of hydrogen-bond donors (Lipinski definition) is 2. The van der Waals surface area contributed by atoms with E-state index in [0.29, 0.717) is 17.9 Å². The Labute approximate surface area is 112 Å². The van der Waals surface area contributed by atoms with Crippen LogP contribution in [0.5, 0.6) is 0 Å². The molecule has 0 spiro atoms. The predicted octanol–water partition coefficient (Wildman–Crippen LogP) is 1.81. The average molecular weight is 254 g/mol. The van der Waals surface area contributed by atoms with E-state index in [9.17, 15) is 0 Å². The molecule has 0 amide bonds. The first kappa shape index (κ1) is 15.3. The van der Waals surface area contributed by atoms with Crippen LogP contribution in [0, 0.1) is 5.92 Å². The van der Waals surface area contributed by atoms with E-state index < -0.39 is 0 Å². The summed E-state index contributed by atoms with van der Waals surface area (Å²) in [7, 11) is 0. The van der Waals surface area contributed by atoms with Crippen LogP contribution in [-0.4, -0.2) is 43.1 Å². The lowest BCUT2D eigenvalue weighted by Crippen LogP contribution is -2.41. The largest absolute Gasteiger partial charge is 0.370 e. The van der Waals surface area contributed by atoms with Gasteiger partial charge in [0.2, 0.25) is 0 Å². The summed E-state index contributed by atoms with van der Waals surface area (Å²) in [5.41, 5.74) is 5.88. The molecule has 0 aromatic rings. The minimum atomic E-state index is 0.541. The zero-order chi connectivity index (χ0) is 13.4. The first-order valence-electron chi connectivity index (χ1n) is 7.43. The molecule has 4 heteroatoms. The van der Waals surface area contributed by atoms with Gasteiger partial charge < -0.3 is 11.1 Å². The molecule has 0 aromatic carbocycles. The molecule has 1 aliphatic rings. The third-order valence-corrected chi connectivity index (χ3v) is 3.66. The Morgan fingerprint density at radius 2 is 2.00 bits per heavy atom. The lowest BCUT2D eigenvalue weighted by atomic mass is 10.0. The molecular weight excluding hydrogens is 224 g/mol. The van der Waals surface area contributed by atoms with E-state index >= 15 is 0 Å². The maximum atomic E-state index is 5.88. The van der Waals surface area contributed by atoms with Gasteiger partial charge >= 0.3 is 0 Å². The van der Waals surface area contributed by atoms with E-state index in [4.69, 9.17) is 5.73 Å². The monoisotopic (exact) mass is 254 g/mol. The fourth-order valence-corrected chi connectivity index (χ4v) is 2.46. The number of likely N-dealkylation sites (tertiary alicyclic amines) is 1. The van der Waals surface area contributed by atoms with Gasteiger partial charge in [-0.15, -0.1) is 0 Å². The lowest BCUT2D eigenvalue weighted by Gasteiger charge is -2.29. The van der Waals surface area contributed by atoms with Crippen molar-refractivity contribution in [1.82, 2.24) is 10.2 Å². The first-order valence-corrected chi connectivity index (χ1v) is 7.43. The molecule has 0 saturated carbocycles. The smallest absolute Gasteiger partial charge is 0.188 e. The molecule has 18 heavy (non-hydrogen) atoms. The second-order valence-electron chi connectivity index (χ2n) is 5.56. The van der Waals surface area contributed by atoms with Gasteiger partial charge in [-0.05, 0) is 38.3 Å². The normalized spacial score (nSPS) is 19.4. The third kappa shape index (κ3) is 5.25. The number of nitrogens with two attached hydrogens (primary N) is 1. The van der Waals surface area contributed by atoms with Crippen molar-refractivity contribution in [3.8, 4) is 0 Å². The molecule has 1 rings (SSSR count). The number of unbranched alkanes of at least 4 members (excludes halogenated alkanes) is 1. The predicted molar refractivity (Wildman–Crippen MR) is 78.8 cm³/mol. The summed E-state index contributed by atoms with van der Waals surface area (Å²) >= 11 is 0. The SMILES string of the molecule is CCCCNC(N)=NCC(C(C)C)N1CCCC1. The van der Waals surface area contributed by atoms with E-state index in [0.717, 1.165) is 19.5 Å². The van der Waals surface area contributed by atoms with Gasteiger partial charge in [0.25, 0.3) is 0 Å². The number of hydrogen-bond acceptors (Lipinski definition) is 2. The Morgan fingerprint density at radius 1 is 1.33 bits per heavy atom. The van der Waals surface area contributed by atoms with Gasteiger partial charge in [-0.2, -0.15) is 0 Å². The van der Waals surface area contributed by atoms with Crippen LogP contribution in [0.25, 0.3) is 0 Å². The summed E-state index contributed by atoms with van der Waals surface area (Å²) in [6.07, 6.45) is 4.99. The van der Waals surface area contributed by atoms with Gasteiger partial charge in [0.05, 0.1) is 6.54 Å². The van der Waals surface area contributed by atoms with E-state index in [1.54, 1.807) is 0 Å². The highest BCUT2D eigenvalue weighted by atomic mass is 15.2. The van der Waals surface area contributed by atoms with Crippen molar-refractivity contribution in [2.45, 2.75) is 52.5 Å². The molecule has 0 aliphatic carbocycles. The van der Waals surface area contributed by atoms with Crippen LogP contribution >= 0.6 is 0 Å². The summed E-state index contributed by atoms with van der Waals surface area (Å²) in [6.45, 7) is 10.9. The Kier molecular flexibility index (Phi) is 7.09. The van der Waals surface area contributed by atoms with E-state index in [-0.39, 0.29) is 0 Å². The molecular formula is C14H30N4. The van der Waals surface area contributed by atoms with Gasteiger partial charge in [0, 0.05) is 12.6 Å². The van der Waals surface area contributed by atoms with Crippen LogP contribution in [0.1, 0.15) is 46.5 Å². The van der Waals surface area contributed by atoms with Crippen molar-refractivity contribution in [2.75, 3.05) is 26.2 Å². The Hall–Kier alpha value is -0.770. The summed E-state index contributed by atoms with van der Waals surface area (Å²) < 4.78 is 0. The average Bonchev–Trinajstić information content (AvgIpc) is 2.83. The molecule has 1 atom stereocenters. The standard InChI is InChI=1S/C14H30N4/c1-4-5-8-16-14(15)17-11-13(12(2)3)18-9-6-7-10-18/h12-13H,4-11H2,1-3H3,(H3,15,16,17). The number of aliphatic imine (C=N–C) groups is 1. The molecule has 0 radical (unpaired) electrons. The summed E-state index contributed by atoms with van der Waals surface area (Å²) in [4.78, 5) is 7.07. The highest BCUT2D eigenvalue weighted by Crippen LogP contribution is 2.17. The topological polar surface area (TPSA) is 53.6 Å². The van der Waals surface area contributed by atoms with Crippen LogP contribution in [0.15, 0.2) is 4.99 Å². The van der Waals surface area contributed by atoms with Gasteiger partial charge in [0.15, 0.2) is 5.96 Å². The first-order chi connectivity index (χ1) is 8.65. The molecule has 1 unspecified atom stereocenters. The number of nitrogens with one attached hydrogen (secondary N) is 1. The van der Waals surface area contributed by atoms with Crippen molar-refractivity contribution in [3.63, 3.8) is 0 Å². The summed E-state index contributed by atoms with van der Waals surface area (Å²) in [6, 6.07) is 0.541. The molecule has 1 aliphatic heterocycles. The van der Waals surface area contributed by atoms with Crippen LogP contribution in [-0.2, 0) is 0 Å². The molecule has 1 heterocycles. The summed E-state index contributed by atoms with van der Waals surface area (Å²) in [5, 5.41) is 3.18. The minimum absolute atomic E-state index is 0.541. The molecule has 3 N–H and O–H groups in total. The molecule has 4 nitrogen and oxygen atoms in total. The van der Waals surface area contributed by atoms with Crippen LogP contribution < -0.4 is 11.1 Å². The van der Waals surface area contributed by atoms with Gasteiger partial charge in [-0.3, -0.25) is 9.89 Å². The fourth-order valence-electron chi connectivity index (χ4n) is 2.46. The van der Waals surface area contributed by atoms with Crippen LogP contribution in [0.4, 0.5) is 0 Å². The van der Waals surface area contributed by atoms with Crippen molar-refractivity contribution in [2.24, 2.45) is 16.6 Å². The molecule has 0 aromatic heterocycles. The summed E-state index contributed by atoms with van der Waals surface area (Å²) in [5.74, 6) is 1.24. The second kappa shape index (κ2) is 8.35. The Morgan fingerprint density at radius 3 is 2.56 bits per heavy atom. The van der Waals surface area contributed by atoms with Crippen molar-refractivity contribution in [3.05, 3.63) is 0 Å². The number of rotatable bonds is 7. The van der Waals surface area contributed by atoms with E-state index in [1.807, 2.05) is 0 Å². The van der Waals surface area contributed by atoms with Crippen LogP contribution in [0.2, 0.25) is 0 Å². The molecule has 1 fully saturated rings. The highest BCUT2D eigenvalue weighted by Gasteiger charge is 2.24. The third-order valence-electron chi connectivity index (χ3n) is 3.66. The van der Waals surface area contributed by atoms with Gasteiger partial charge in [-0.1, -0.05) is 27.2 Å². The molecule has 106 valence electrons. The fraction of sp³-hybridized carbons (Fsp3) is 0.929. The van der Waals surface area contributed by atoms with E-state index in [1.165, 1.54) is 32.4 Å². The zero-order valence-corrected chi connectivity index (χ0v) is 12.3. The quantitative estimate of drug-likeness (QED) is 0.414. The van der Waals surface area contributed by atoms with Gasteiger partial charge in [0.1, 0.15) is 0 Å². The number of guanidine groups is 1. The second-order valence-corrected chi connectivity index (χ2v) is 5.56.